The highest BCUT2D eigenvalue weighted by Crippen LogP contribution is 2.39. The first-order valence-corrected chi connectivity index (χ1v) is 8.72. The molecule has 2 aromatic carbocycles. The number of nitrogens with zero attached hydrogens (tertiary/aromatic N) is 2. The molecule has 0 aliphatic carbocycles. The van der Waals surface area contributed by atoms with Gasteiger partial charge >= 0.3 is 5.97 Å². The van der Waals surface area contributed by atoms with Gasteiger partial charge in [-0.15, -0.1) is 5.06 Å². The Morgan fingerprint density at radius 2 is 1.96 bits per heavy atom. The highest BCUT2D eigenvalue weighted by Gasteiger charge is 2.36. The predicted molar refractivity (Wildman–Crippen MR) is 99.3 cm³/mol. The molecule has 0 saturated carbocycles. The minimum absolute atomic E-state index is 0.166. The van der Waals surface area contributed by atoms with E-state index in [9.17, 15) is 14.0 Å². The number of anilines is 1. The normalized spacial score (nSPS) is 17.8. The van der Waals surface area contributed by atoms with Crippen LogP contribution in [0.1, 0.15) is 24.1 Å². The van der Waals surface area contributed by atoms with Crippen LogP contribution in [-0.2, 0) is 14.4 Å². The average Bonchev–Trinajstić information content (AvgIpc) is 2.64. The molecule has 2 aromatic rings. The molecule has 0 bridgehead atoms. The molecule has 0 radical (unpaired) electrons. The summed E-state index contributed by atoms with van der Waals surface area (Å²) in [5, 5.41) is 1.25. The number of carbonyl (C=O) groups is 2. The molecule has 130 valence electrons. The molecule has 3 rings (SSSR count). The monoisotopic (exact) mass is 454 g/mol. The summed E-state index contributed by atoms with van der Waals surface area (Å²) in [6.07, 6.45) is 0. The van der Waals surface area contributed by atoms with Crippen LogP contribution in [0.25, 0.3) is 0 Å². The summed E-state index contributed by atoms with van der Waals surface area (Å²) >= 11 is 2.16. The van der Waals surface area contributed by atoms with Gasteiger partial charge in [0.25, 0.3) is 0 Å². The minimum atomic E-state index is -0.719. The van der Waals surface area contributed by atoms with Gasteiger partial charge in [0.05, 0.1) is 0 Å². The Hall–Kier alpha value is -2.00. The lowest BCUT2D eigenvalue weighted by atomic mass is 9.96. The van der Waals surface area contributed by atoms with Gasteiger partial charge in [0, 0.05) is 34.4 Å². The number of benzene rings is 2. The van der Waals surface area contributed by atoms with Crippen molar-refractivity contribution in [1.82, 2.24) is 5.06 Å². The van der Waals surface area contributed by atoms with Crippen LogP contribution in [0.15, 0.2) is 42.5 Å². The van der Waals surface area contributed by atoms with Gasteiger partial charge in [-0.1, -0.05) is 18.2 Å². The average molecular weight is 454 g/mol. The van der Waals surface area contributed by atoms with E-state index in [0.717, 1.165) is 3.57 Å². The third kappa shape index (κ3) is 3.52. The van der Waals surface area contributed by atoms with Crippen LogP contribution in [-0.4, -0.2) is 30.5 Å². The second-order valence-electron chi connectivity index (χ2n) is 5.74. The fraction of sp³-hybridized carbons (Fsp3) is 0.222. The van der Waals surface area contributed by atoms with Crippen LogP contribution < -0.4 is 4.90 Å². The molecule has 25 heavy (non-hydrogen) atoms. The lowest BCUT2D eigenvalue weighted by Crippen LogP contribution is -2.38. The Bertz CT molecular complexity index is 843. The van der Waals surface area contributed by atoms with E-state index in [1.54, 1.807) is 25.2 Å². The number of amides is 1. The zero-order chi connectivity index (χ0) is 18.1. The van der Waals surface area contributed by atoms with Crippen molar-refractivity contribution in [2.75, 3.05) is 18.5 Å². The van der Waals surface area contributed by atoms with Crippen LogP contribution in [0.5, 0.6) is 0 Å². The predicted octanol–water partition coefficient (Wildman–Crippen LogP) is 3.28. The molecule has 1 aliphatic heterocycles. The molecule has 1 heterocycles. The second-order valence-corrected chi connectivity index (χ2v) is 6.98. The molecule has 1 aliphatic rings. The molecule has 0 spiro atoms. The molecule has 5 nitrogen and oxygen atoms in total. The Balaban J connectivity index is 2.25. The van der Waals surface area contributed by atoms with Crippen LogP contribution in [0.3, 0.4) is 0 Å². The van der Waals surface area contributed by atoms with Crippen molar-refractivity contribution in [3.05, 3.63) is 63.0 Å². The van der Waals surface area contributed by atoms with Crippen LogP contribution in [0.2, 0.25) is 0 Å². The smallest absolute Gasteiger partial charge is 0.322 e. The van der Waals surface area contributed by atoms with Crippen LogP contribution in [0, 0.1) is 9.39 Å². The van der Waals surface area contributed by atoms with Gasteiger partial charge < -0.3 is 9.74 Å². The number of likely N-dealkylation sites (N-methyl/N-ethyl adjacent to an activating group) is 1. The third-order valence-corrected chi connectivity index (χ3v) is 4.72. The van der Waals surface area contributed by atoms with Crippen molar-refractivity contribution in [2.24, 2.45) is 0 Å². The standard InChI is InChI=1S/C18H16FIN2O3/c1-11(23)25-22-10-17(24)21(2)16-8-7-12(20)9-14(16)18(22)13-5-3-4-6-15(13)19/h3-9,18H,10H2,1-2H3. The first-order valence-electron chi connectivity index (χ1n) is 7.64. The van der Waals surface area contributed by atoms with E-state index in [2.05, 4.69) is 22.6 Å². The summed E-state index contributed by atoms with van der Waals surface area (Å²) in [6, 6.07) is 11.2. The van der Waals surface area contributed by atoms with Crippen molar-refractivity contribution < 1.29 is 18.8 Å². The summed E-state index contributed by atoms with van der Waals surface area (Å²) in [7, 11) is 1.66. The molecule has 1 unspecified atom stereocenters. The molecule has 0 aromatic heterocycles. The second kappa shape index (κ2) is 7.09. The van der Waals surface area contributed by atoms with Gasteiger partial charge in [0.1, 0.15) is 18.4 Å². The maximum atomic E-state index is 14.5. The number of fused-ring (bicyclic) bond motifs is 1. The number of halogens is 2. The van der Waals surface area contributed by atoms with Gasteiger partial charge in [-0.2, -0.15) is 0 Å². The van der Waals surface area contributed by atoms with Gasteiger partial charge in [0.15, 0.2) is 0 Å². The molecule has 7 heteroatoms. The van der Waals surface area contributed by atoms with Gasteiger partial charge in [-0.3, -0.25) is 9.59 Å². The van der Waals surface area contributed by atoms with Crippen molar-refractivity contribution >= 4 is 40.2 Å². The highest BCUT2D eigenvalue weighted by molar-refractivity contribution is 14.1. The minimum Gasteiger partial charge on any atom is -0.367 e. The third-order valence-electron chi connectivity index (χ3n) is 4.04. The van der Waals surface area contributed by atoms with Crippen molar-refractivity contribution in [3.8, 4) is 0 Å². The van der Waals surface area contributed by atoms with Crippen LogP contribution >= 0.6 is 22.6 Å². The van der Waals surface area contributed by atoms with Crippen LogP contribution in [0.4, 0.5) is 10.1 Å². The largest absolute Gasteiger partial charge is 0.367 e. The van der Waals surface area contributed by atoms with E-state index in [0.29, 0.717) is 16.8 Å². The first-order chi connectivity index (χ1) is 11.9. The van der Waals surface area contributed by atoms with Crippen molar-refractivity contribution in [1.29, 1.82) is 0 Å². The summed E-state index contributed by atoms with van der Waals surface area (Å²) in [6.45, 7) is 1.09. The quantitative estimate of drug-likeness (QED) is 0.654. The fourth-order valence-electron chi connectivity index (χ4n) is 2.94. The molecule has 0 N–H and O–H groups in total. The number of hydrogen-bond acceptors (Lipinski definition) is 4. The maximum absolute atomic E-state index is 14.5. The summed E-state index contributed by atoms with van der Waals surface area (Å²) in [4.78, 5) is 30.9. The Labute approximate surface area is 158 Å². The van der Waals surface area contributed by atoms with E-state index in [4.69, 9.17) is 4.84 Å². The molecule has 0 saturated heterocycles. The van der Waals surface area contributed by atoms with E-state index in [-0.39, 0.29) is 12.5 Å². The van der Waals surface area contributed by atoms with E-state index in [1.165, 1.54) is 23.0 Å². The fourth-order valence-corrected chi connectivity index (χ4v) is 3.45. The number of rotatable bonds is 2. The zero-order valence-electron chi connectivity index (χ0n) is 13.7. The van der Waals surface area contributed by atoms with Gasteiger partial charge in [-0.05, 0) is 46.9 Å². The topological polar surface area (TPSA) is 49.9 Å². The van der Waals surface area contributed by atoms with E-state index < -0.39 is 17.8 Å². The molecule has 1 amide bonds. The molecular formula is C18H16FIN2O3. The summed E-state index contributed by atoms with van der Waals surface area (Å²) in [5.74, 6) is -1.24. The Kier molecular flexibility index (Phi) is 5.05. The maximum Gasteiger partial charge on any atom is 0.322 e. The lowest BCUT2D eigenvalue weighted by molar-refractivity contribution is -0.196. The molecule has 1 atom stereocenters. The first kappa shape index (κ1) is 17.8. The van der Waals surface area contributed by atoms with Gasteiger partial charge in [0.2, 0.25) is 5.91 Å². The van der Waals surface area contributed by atoms with E-state index in [1.807, 2.05) is 18.2 Å². The Morgan fingerprint density at radius 1 is 1.24 bits per heavy atom. The van der Waals surface area contributed by atoms with Gasteiger partial charge in [-0.25, -0.2) is 4.39 Å². The number of carbonyl (C=O) groups excluding carboxylic acids is 2. The molecule has 0 fully saturated rings. The Morgan fingerprint density at radius 3 is 2.64 bits per heavy atom. The van der Waals surface area contributed by atoms with Crippen molar-refractivity contribution in [3.63, 3.8) is 0 Å². The zero-order valence-corrected chi connectivity index (χ0v) is 15.9. The molecular weight excluding hydrogens is 438 g/mol. The SMILES string of the molecule is CC(=O)ON1CC(=O)N(C)c2ccc(I)cc2C1c1ccccc1F. The lowest BCUT2D eigenvalue weighted by Gasteiger charge is -2.28. The van der Waals surface area contributed by atoms with E-state index >= 15 is 0 Å². The number of hydrogen-bond donors (Lipinski definition) is 0. The number of hydroxylamine groups is 2. The van der Waals surface area contributed by atoms with Crippen molar-refractivity contribution in [2.45, 2.75) is 13.0 Å². The highest BCUT2D eigenvalue weighted by atomic mass is 127. The summed E-state index contributed by atoms with van der Waals surface area (Å²) < 4.78 is 15.5. The summed E-state index contributed by atoms with van der Waals surface area (Å²) in [5.41, 5.74) is 1.70.